The van der Waals surface area contributed by atoms with E-state index in [-0.39, 0.29) is 0 Å². The summed E-state index contributed by atoms with van der Waals surface area (Å²) in [6, 6.07) is 8.49. The van der Waals surface area contributed by atoms with Gasteiger partial charge in [0.15, 0.2) is 0 Å². The second-order valence-corrected chi connectivity index (χ2v) is 5.38. The summed E-state index contributed by atoms with van der Waals surface area (Å²) in [6.45, 7) is 0.929. The Balaban J connectivity index is 1.87. The largest absolute Gasteiger partial charge is 0.416 e. The molecule has 0 saturated heterocycles. The van der Waals surface area contributed by atoms with Crippen molar-refractivity contribution in [1.29, 1.82) is 0 Å². The van der Waals surface area contributed by atoms with Gasteiger partial charge in [-0.25, -0.2) is 0 Å². The molecule has 20 heavy (non-hydrogen) atoms. The molecule has 0 amide bonds. The van der Waals surface area contributed by atoms with Gasteiger partial charge in [-0.05, 0) is 29.1 Å². The molecule has 1 aromatic heterocycles. The van der Waals surface area contributed by atoms with Crippen molar-refractivity contribution in [2.24, 2.45) is 0 Å². The van der Waals surface area contributed by atoms with E-state index in [9.17, 15) is 18.3 Å². The molecule has 0 radical (unpaired) electrons. The SMILES string of the molecule is OC(CNCc1cccs1)c1ccc(C(F)(F)F)cc1. The van der Waals surface area contributed by atoms with E-state index in [1.165, 1.54) is 12.1 Å². The van der Waals surface area contributed by atoms with E-state index in [0.29, 0.717) is 18.7 Å². The first-order chi connectivity index (χ1) is 9.47. The number of halogens is 3. The van der Waals surface area contributed by atoms with Crippen LogP contribution in [-0.4, -0.2) is 11.7 Å². The molecule has 0 saturated carbocycles. The summed E-state index contributed by atoms with van der Waals surface area (Å²) < 4.78 is 37.2. The average molecular weight is 301 g/mol. The Bertz CT molecular complexity index is 522. The maximum atomic E-state index is 12.4. The van der Waals surface area contributed by atoms with Crippen molar-refractivity contribution in [1.82, 2.24) is 5.32 Å². The summed E-state index contributed by atoms with van der Waals surface area (Å²) >= 11 is 1.61. The molecule has 2 N–H and O–H groups in total. The lowest BCUT2D eigenvalue weighted by molar-refractivity contribution is -0.137. The molecule has 6 heteroatoms. The highest BCUT2D eigenvalue weighted by molar-refractivity contribution is 7.09. The lowest BCUT2D eigenvalue weighted by Crippen LogP contribution is -2.20. The third-order valence-electron chi connectivity index (χ3n) is 2.84. The van der Waals surface area contributed by atoms with E-state index in [1.54, 1.807) is 11.3 Å². The number of alkyl halides is 3. The van der Waals surface area contributed by atoms with Crippen LogP contribution in [-0.2, 0) is 12.7 Å². The molecule has 0 spiro atoms. The Morgan fingerprint density at radius 2 is 1.85 bits per heavy atom. The van der Waals surface area contributed by atoms with Crippen LogP contribution in [0.4, 0.5) is 13.2 Å². The van der Waals surface area contributed by atoms with Crippen molar-refractivity contribution in [3.05, 3.63) is 57.8 Å². The van der Waals surface area contributed by atoms with Gasteiger partial charge in [-0.3, -0.25) is 0 Å². The molecule has 1 aromatic carbocycles. The normalized spacial score (nSPS) is 13.4. The standard InChI is InChI=1S/C14H14F3NOS/c15-14(16,17)11-5-3-10(4-6-11)13(19)9-18-8-12-2-1-7-20-12/h1-7,13,18-19H,8-9H2. The first-order valence-electron chi connectivity index (χ1n) is 6.05. The molecule has 2 rings (SSSR count). The van der Waals surface area contributed by atoms with Gasteiger partial charge in [0.05, 0.1) is 11.7 Å². The third-order valence-corrected chi connectivity index (χ3v) is 3.72. The molecule has 0 bridgehead atoms. The molecule has 0 fully saturated rings. The number of aliphatic hydroxyl groups excluding tert-OH is 1. The van der Waals surface area contributed by atoms with E-state index in [1.807, 2.05) is 17.5 Å². The topological polar surface area (TPSA) is 32.3 Å². The van der Waals surface area contributed by atoms with Gasteiger partial charge in [0.1, 0.15) is 0 Å². The monoisotopic (exact) mass is 301 g/mol. The van der Waals surface area contributed by atoms with Crippen molar-refractivity contribution in [2.75, 3.05) is 6.54 Å². The maximum absolute atomic E-state index is 12.4. The minimum atomic E-state index is -4.35. The first-order valence-corrected chi connectivity index (χ1v) is 6.93. The van der Waals surface area contributed by atoms with Crippen LogP contribution in [0.2, 0.25) is 0 Å². The van der Waals surface area contributed by atoms with Crippen LogP contribution in [0.1, 0.15) is 22.1 Å². The molecule has 0 aliphatic heterocycles. The second kappa shape index (κ2) is 6.39. The number of hydrogen-bond donors (Lipinski definition) is 2. The zero-order valence-corrected chi connectivity index (χ0v) is 11.3. The van der Waals surface area contributed by atoms with Gasteiger partial charge >= 0.3 is 6.18 Å². The van der Waals surface area contributed by atoms with Crippen molar-refractivity contribution >= 4 is 11.3 Å². The summed E-state index contributed by atoms with van der Waals surface area (Å²) in [5, 5.41) is 14.9. The van der Waals surface area contributed by atoms with Crippen LogP contribution in [0.15, 0.2) is 41.8 Å². The van der Waals surface area contributed by atoms with Crippen LogP contribution < -0.4 is 5.32 Å². The fourth-order valence-electron chi connectivity index (χ4n) is 1.76. The molecule has 0 aliphatic carbocycles. The Morgan fingerprint density at radius 3 is 2.40 bits per heavy atom. The highest BCUT2D eigenvalue weighted by Crippen LogP contribution is 2.29. The predicted octanol–water partition coefficient (Wildman–Crippen LogP) is 3.59. The molecule has 1 heterocycles. The fraction of sp³-hybridized carbons (Fsp3) is 0.286. The summed E-state index contributed by atoms with van der Waals surface area (Å²) in [5.41, 5.74) is -0.239. The molecule has 2 nitrogen and oxygen atoms in total. The Hall–Kier alpha value is -1.37. The Morgan fingerprint density at radius 1 is 1.15 bits per heavy atom. The van der Waals surface area contributed by atoms with Gasteiger partial charge in [-0.1, -0.05) is 18.2 Å². The number of aliphatic hydroxyl groups is 1. The molecule has 1 atom stereocenters. The highest BCUT2D eigenvalue weighted by atomic mass is 32.1. The smallest absolute Gasteiger partial charge is 0.387 e. The van der Waals surface area contributed by atoms with Gasteiger partial charge in [0.2, 0.25) is 0 Å². The fourth-order valence-corrected chi connectivity index (χ4v) is 2.43. The van der Waals surface area contributed by atoms with Gasteiger partial charge in [-0.15, -0.1) is 11.3 Å². The quantitative estimate of drug-likeness (QED) is 0.884. The van der Waals surface area contributed by atoms with Crippen LogP contribution in [0.25, 0.3) is 0 Å². The van der Waals surface area contributed by atoms with E-state index in [4.69, 9.17) is 0 Å². The zero-order valence-electron chi connectivity index (χ0n) is 10.5. The van der Waals surface area contributed by atoms with Gasteiger partial charge in [0.25, 0.3) is 0 Å². The number of nitrogens with one attached hydrogen (secondary N) is 1. The zero-order chi connectivity index (χ0) is 14.6. The van der Waals surface area contributed by atoms with Gasteiger partial charge in [-0.2, -0.15) is 13.2 Å². The number of thiophene rings is 1. The lowest BCUT2D eigenvalue weighted by atomic mass is 10.1. The molecule has 108 valence electrons. The maximum Gasteiger partial charge on any atom is 0.416 e. The minimum Gasteiger partial charge on any atom is -0.387 e. The predicted molar refractivity (Wildman–Crippen MR) is 72.4 cm³/mol. The Labute approximate surface area is 118 Å². The summed E-state index contributed by atoms with van der Waals surface area (Å²) in [6.07, 6.45) is -5.17. The van der Waals surface area contributed by atoms with Crippen molar-refractivity contribution in [2.45, 2.75) is 18.8 Å². The molecular formula is C14H14F3NOS. The molecule has 0 aliphatic rings. The number of hydrogen-bond acceptors (Lipinski definition) is 3. The highest BCUT2D eigenvalue weighted by Gasteiger charge is 2.30. The van der Waals surface area contributed by atoms with Crippen LogP contribution in [0.5, 0.6) is 0 Å². The third kappa shape index (κ3) is 4.06. The minimum absolute atomic E-state index is 0.295. The lowest BCUT2D eigenvalue weighted by Gasteiger charge is -2.13. The summed E-state index contributed by atoms with van der Waals surface area (Å²) in [7, 11) is 0. The van der Waals surface area contributed by atoms with Gasteiger partial charge < -0.3 is 10.4 Å². The van der Waals surface area contributed by atoms with E-state index in [0.717, 1.165) is 17.0 Å². The molecule has 2 aromatic rings. The van der Waals surface area contributed by atoms with Crippen molar-refractivity contribution in [3.8, 4) is 0 Å². The van der Waals surface area contributed by atoms with Crippen molar-refractivity contribution in [3.63, 3.8) is 0 Å². The van der Waals surface area contributed by atoms with E-state index >= 15 is 0 Å². The molecular weight excluding hydrogens is 287 g/mol. The average Bonchev–Trinajstić information content (AvgIpc) is 2.91. The van der Waals surface area contributed by atoms with Crippen LogP contribution in [0.3, 0.4) is 0 Å². The second-order valence-electron chi connectivity index (χ2n) is 4.35. The first kappa shape index (κ1) is 15.0. The molecule has 1 unspecified atom stereocenters. The Kier molecular flexibility index (Phi) is 4.80. The number of benzene rings is 1. The van der Waals surface area contributed by atoms with Crippen LogP contribution in [0, 0.1) is 0 Å². The van der Waals surface area contributed by atoms with E-state index < -0.39 is 17.8 Å². The van der Waals surface area contributed by atoms with Crippen molar-refractivity contribution < 1.29 is 18.3 Å². The summed E-state index contributed by atoms with van der Waals surface area (Å²) in [5.74, 6) is 0. The van der Waals surface area contributed by atoms with Crippen LogP contribution >= 0.6 is 11.3 Å². The van der Waals surface area contributed by atoms with E-state index in [2.05, 4.69) is 5.32 Å². The summed E-state index contributed by atoms with van der Waals surface area (Å²) in [4.78, 5) is 1.14. The number of rotatable bonds is 5. The van der Waals surface area contributed by atoms with Gasteiger partial charge in [0, 0.05) is 18.0 Å².